The molecule has 3 aromatic rings. The Morgan fingerprint density at radius 2 is 1.89 bits per heavy atom. The Morgan fingerprint density at radius 3 is 2.46 bits per heavy atom. The third-order valence-electron chi connectivity index (χ3n) is 4.67. The molecule has 2 aromatic carbocycles. The summed E-state index contributed by atoms with van der Waals surface area (Å²) < 4.78 is 28.7. The highest BCUT2D eigenvalue weighted by Gasteiger charge is 2.29. The van der Waals surface area contributed by atoms with Crippen molar-refractivity contribution in [3.63, 3.8) is 0 Å². The molecule has 0 radical (unpaired) electrons. The fraction of sp³-hybridized carbons (Fsp3) is 0.263. The first-order chi connectivity index (χ1) is 13.3. The minimum Gasteiger partial charge on any atom is -0.354 e. The number of hydrogen-bond donors (Lipinski definition) is 2. The van der Waals surface area contributed by atoms with Gasteiger partial charge >= 0.3 is 0 Å². The Hall–Kier alpha value is -2.39. The number of rotatable bonds is 5. The molecule has 0 saturated heterocycles. The lowest BCUT2D eigenvalue weighted by molar-refractivity contribution is 0.0957. The lowest BCUT2D eigenvalue weighted by Crippen LogP contribution is -2.21. The Bertz CT molecular complexity index is 1180. The van der Waals surface area contributed by atoms with Gasteiger partial charge in [-0.25, -0.2) is 13.1 Å². The van der Waals surface area contributed by atoms with E-state index in [-0.39, 0.29) is 5.91 Å². The molecule has 0 bridgehead atoms. The van der Waals surface area contributed by atoms with Gasteiger partial charge in [0.15, 0.2) is 0 Å². The minimum atomic E-state index is -3.42. The van der Waals surface area contributed by atoms with Gasteiger partial charge in [-0.3, -0.25) is 9.52 Å². The highest BCUT2D eigenvalue weighted by molar-refractivity contribution is 9.10. The average molecular weight is 463 g/mol. The van der Waals surface area contributed by atoms with Gasteiger partial charge in [-0.2, -0.15) is 5.10 Å². The third-order valence-corrected chi connectivity index (χ3v) is 5.79. The largest absolute Gasteiger partial charge is 0.354 e. The summed E-state index contributed by atoms with van der Waals surface area (Å²) in [5.74, 6) is 0.0400. The first-order valence-electron chi connectivity index (χ1n) is 8.79. The quantitative estimate of drug-likeness (QED) is 0.607. The number of sulfonamides is 1. The van der Waals surface area contributed by atoms with Crippen LogP contribution in [0.4, 0.5) is 5.69 Å². The number of amides is 1. The zero-order valence-corrected chi connectivity index (χ0v) is 17.8. The number of hydrogen-bond acceptors (Lipinski definition) is 4. The van der Waals surface area contributed by atoms with E-state index in [1.807, 2.05) is 30.3 Å². The molecule has 1 aliphatic rings. The molecule has 0 unspecified atom stereocenters. The van der Waals surface area contributed by atoms with Crippen molar-refractivity contribution in [2.75, 3.05) is 18.0 Å². The van der Waals surface area contributed by atoms with Gasteiger partial charge in [-0.1, -0.05) is 15.9 Å². The molecular formula is C19H19BrN4O3S. The van der Waals surface area contributed by atoms with E-state index in [0.29, 0.717) is 28.2 Å². The molecule has 9 heteroatoms. The van der Waals surface area contributed by atoms with Gasteiger partial charge in [-0.15, -0.1) is 0 Å². The van der Waals surface area contributed by atoms with Crippen LogP contribution < -0.4 is 10.0 Å². The number of nitrogens with one attached hydrogen (secondary N) is 2. The molecule has 4 rings (SSSR count). The molecule has 0 aliphatic heterocycles. The van der Waals surface area contributed by atoms with Crippen LogP contribution in [0.15, 0.2) is 40.9 Å². The van der Waals surface area contributed by atoms with Gasteiger partial charge in [0, 0.05) is 16.9 Å². The molecule has 2 N–H and O–H groups in total. The van der Waals surface area contributed by atoms with E-state index in [1.54, 1.807) is 17.8 Å². The van der Waals surface area contributed by atoms with E-state index < -0.39 is 10.0 Å². The standard InChI is InChI=1S/C19H19BrN4O3S/c1-21-19(25)18-15-9-14(11-3-4-11)17(23-28(2,26)27)10-16(15)22-24(18)13-7-5-12(20)6-8-13/h5-11,23H,3-4H2,1-2H3,(H,21,25). The smallest absolute Gasteiger partial charge is 0.270 e. The third kappa shape index (κ3) is 3.64. The predicted molar refractivity (Wildman–Crippen MR) is 113 cm³/mol. The number of aromatic nitrogens is 2. The second kappa shape index (κ2) is 6.89. The van der Waals surface area contributed by atoms with Gasteiger partial charge in [-0.05, 0) is 60.7 Å². The SMILES string of the molecule is CNC(=O)c1c2cc(C3CC3)c(NS(C)(=O)=O)cc2nn1-c1ccc(Br)cc1. The fourth-order valence-corrected chi connectivity index (χ4v) is 4.12. The first kappa shape index (κ1) is 18.9. The van der Waals surface area contributed by atoms with Crippen LogP contribution in [-0.4, -0.2) is 37.4 Å². The van der Waals surface area contributed by atoms with Gasteiger partial charge in [0.25, 0.3) is 5.91 Å². The van der Waals surface area contributed by atoms with Crippen LogP contribution in [0.5, 0.6) is 0 Å². The van der Waals surface area contributed by atoms with E-state index in [0.717, 1.165) is 34.8 Å². The predicted octanol–water partition coefficient (Wildman–Crippen LogP) is 3.40. The van der Waals surface area contributed by atoms with Crippen molar-refractivity contribution in [3.8, 4) is 5.69 Å². The molecular weight excluding hydrogens is 444 g/mol. The summed E-state index contributed by atoms with van der Waals surface area (Å²) in [5.41, 5.74) is 3.15. The van der Waals surface area contributed by atoms with Gasteiger partial charge < -0.3 is 5.32 Å². The van der Waals surface area contributed by atoms with E-state index in [4.69, 9.17) is 0 Å². The summed E-state index contributed by atoms with van der Waals surface area (Å²) >= 11 is 3.41. The Morgan fingerprint density at radius 1 is 1.21 bits per heavy atom. The number of nitrogens with zero attached hydrogens (tertiary/aromatic N) is 2. The molecule has 1 saturated carbocycles. The molecule has 1 aliphatic carbocycles. The lowest BCUT2D eigenvalue weighted by Gasteiger charge is -2.11. The molecule has 1 aromatic heterocycles. The van der Waals surface area contributed by atoms with Crippen LogP contribution in [0, 0.1) is 0 Å². The van der Waals surface area contributed by atoms with Crippen molar-refractivity contribution in [1.29, 1.82) is 0 Å². The number of carbonyl (C=O) groups is 1. The highest BCUT2D eigenvalue weighted by Crippen LogP contribution is 2.45. The van der Waals surface area contributed by atoms with Crippen molar-refractivity contribution < 1.29 is 13.2 Å². The van der Waals surface area contributed by atoms with E-state index in [9.17, 15) is 13.2 Å². The first-order valence-corrected chi connectivity index (χ1v) is 11.5. The Balaban J connectivity index is 1.97. The molecule has 0 atom stereocenters. The second-order valence-corrected chi connectivity index (χ2v) is 9.59. The molecule has 1 heterocycles. The summed E-state index contributed by atoms with van der Waals surface area (Å²) in [4.78, 5) is 12.7. The zero-order chi connectivity index (χ0) is 20.1. The number of benzene rings is 2. The summed E-state index contributed by atoms with van der Waals surface area (Å²) in [5, 5.41) is 7.97. The maximum atomic E-state index is 12.7. The number of fused-ring (bicyclic) bond motifs is 1. The van der Waals surface area contributed by atoms with Crippen molar-refractivity contribution in [2.45, 2.75) is 18.8 Å². The summed E-state index contributed by atoms with van der Waals surface area (Å²) in [7, 11) is -1.85. The minimum absolute atomic E-state index is 0.254. The van der Waals surface area contributed by atoms with Crippen LogP contribution >= 0.6 is 15.9 Å². The van der Waals surface area contributed by atoms with Crippen molar-refractivity contribution >= 4 is 48.5 Å². The monoisotopic (exact) mass is 462 g/mol. The van der Waals surface area contributed by atoms with Gasteiger partial charge in [0.1, 0.15) is 5.69 Å². The summed E-state index contributed by atoms with van der Waals surface area (Å²) in [6.07, 6.45) is 3.13. The normalized spacial score (nSPS) is 14.2. The van der Waals surface area contributed by atoms with E-state index >= 15 is 0 Å². The number of anilines is 1. The van der Waals surface area contributed by atoms with Crippen LogP contribution in [0.3, 0.4) is 0 Å². The zero-order valence-electron chi connectivity index (χ0n) is 15.4. The second-order valence-electron chi connectivity index (χ2n) is 6.92. The molecule has 0 spiro atoms. The molecule has 7 nitrogen and oxygen atoms in total. The van der Waals surface area contributed by atoms with Crippen molar-refractivity contribution in [3.05, 3.63) is 52.1 Å². The number of carbonyl (C=O) groups excluding carboxylic acids is 1. The van der Waals surface area contributed by atoms with Crippen LogP contribution in [-0.2, 0) is 10.0 Å². The highest BCUT2D eigenvalue weighted by atomic mass is 79.9. The fourth-order valence-electron chi connectivity index (χ4n) is 3.28. The Kier molecular flexibility index (Phi) is 4.67. The van der Waals surface area contributed by atoms with Crippen molar-refractivity contribution in [1.82, 2.24) is 15.1 Å². The maximum Gasteiger partial charge on any atom is 0.270 e. The topological polar surface area (TPSA) is 93.1 Å². The lowest BCUT2D eigenvalue weighted by atomic mass is 10.0. The molecule has 28 heavy (non-hydrogen) atoms. The number of halogens is 1. The molecule has 1 fully saturated rings. The average Bonchev–Trinajstić information content (AvgIpc) is 3.41. The van der Waals surface area contributed by atoms with E-state index in [2.05, 4.69) is 31.1 Å². The Labute approximate surface area is 171 Å². The van der Waals surface area contributed by atoms with Crippen LogP contribution in [0.2, 0.25) is 0 Å². The van der Waals surface area contributed by atoms with E-state index in [1.165, 1.54) is 0 Å². The summed E-state index contributed by atoms with van der Waals surface area (Å²) in [6.45, 7) is 0. The summed E-state index contributed by atoms with van der Waals surface area (Å²) in [6, 6.07) is 11.1. The molecule has 146 valence electrons. The van der Waals surface area contributed by atoms with Gasteiger partial charge in [0.2, 0.25) is 10.0 Å². The van der Waals surface area contributed by atoms with Gasteiger partial charge in [0.05, 0.1) is 23.1 Å². The van der Waals surface area contributed by atoms with Crippen molar-refractivity contribution in [2.24, 2.45) is 0 Å². The molecule has 1 amide bonds. The van der Waals surface area contributed by atoms with Crippen LogP contribution in [0.1, 0.15) is 34.8 Å². The van der Waals surface area contributed by atoms with Crippen LogP contribution in [0.25, 0.3) is 16.6 Å². The maximum absolute atomic E-state index is 12.7.